The molecule has 1 aromatic carbocycles. The molecular formula is C16H12N2O2. The van der Waals surface area contributed by atoms with Gasteiger partial charge < -0.3 is 5.11 Å². The van der Waals surface area contributed by atoms with Gasteiger partial charge in [-0.2, -0.15) is 0 Å². The van der Waals surface area contributed by atoms with Gasteiger partial charge in [0.05, 0.1) is 11.4 Å². The molecule has 0 bridgehead atoms. The predicted molar refractivity (Wildman–Crippen MR) is 77.3 cm³/mol. The molecule has 0 fully saturated rings. The van der Waals surface area contributed by atoms with E-state index in [4.69, 9.17) is 5.11 Å². The highest BCUT2D eigenvalue weighted by Crippen LogP contribution is 2.25. The minimum Gasteiger partial charge on any atom is -0.478 e. The van der Waals surface area contributed by atoms with Gasteiger partial charge in [-0.3, -0.25) is 4.40 Å². The molecule has 0 aliphatic rings. The zero-order valence-electron chi connectivity index (χ0n) is 10.6. The SMILES string of the molecule is O=C(O)C=Cc1c(-c2ccccc2)nc2ccccn12. The Kier molecular flexibility index (Phi) is 3.05. The summed E-state index contributed by atoms with van der Waals surface area (Å²) in [5.41, 5.74) is 3.28. The van der Waals surface area contributed by atoms with Crippen molar-refractivity contribution < 1.29 is 9.90 Å². The average molecular weight is 264 g/mol. The topological polar surface area (TPSA) is 54.6 Å². The summed E-state index contributed by atoms with van der Waals surface area (Å²) in [6.45, 7) is 0. The summed E-state index contributed by atoms with van der Waals surface area (Å²) in [4.78, 5) is 15.3. The van der Waals surface area contributed by atoms with Crippen molar-refractivity contribution in [1.82, 2.24) is 9.38 Å². The van der Waals surface area contributed by atoms with Crippen molar-refractivity contribution in [1.29, 1.82) is 0 Å². The van der Waals surface area contributed by atoms with Crippen molar-refractivity contribution in [2.75, 3.05) is 0 Å². The minimum atomic E-state index is -0.977. The third-order valence-electron chi connectivity index (χ3n) is 3.00. The number of imidazole rings is 1. The molecule has 2 aromatic heterocycles. The normalized spacial score (nSPS) is 11.2. The van der Waals surface area contributed by atoms with E-state index >= 15 is 0 Å². The number of pyridine rings is 1. The van der Waals surface area contributed by atoms with Gasteiger partial charge in [-0.05, 0) is 18.2 Å². The number of benzene rings is 1. The second-order valence-corrected chi connectivity index (χ2v) is 4.31. The molecule has 1 N–H and O–H groups in total. The fourth-order valence-corrected chi connectivity index (χ4v) is 2.13. The van der Waals surface area contributed by atoms with Gasteiger partial charge >= 0.3 is 5.97 Å². The van der Waals surface area contributed by atoms with Crippen LogP contribution in [0.4, 0.5) is 0 Å². The molecule has 3 aromatic rings. The quantitative estimate of drug-likeness (QED) is 0.739. The lowest BCUT2D eigenvalue weighted by Gasteiger charge is -1.99. The zero-order chi connectivity index (χ0) is 13.9. The van der Waals surface area contributed by atoms with Gasteiger partial charge in [-0.25, -0.2) is 9.78 Å². The Balaban J connectivity index is 2.25. The predicted octanol–water partition coefficient (Wildman–Crippen LogP) is 3.10. The average Bonchev–Trinajstić information content (AvgIpc) is 2.84. The Morgan fingerprint density at radius 1 is 1.10 bits per heavy atom. The number of hydrogen-bond acceptors (Lipinski definition) is 2. The Labute approximate surface area is 115 Å². The van der Waals surface area contributed by atoms with Gasteiger partial charge in [-0.1, -0.05) is 36.4 Å². The summed E-state index contributed by atoms with van der Waals surface area (Å²) in [7, 11) is 0. The molecule has 0 unspecified atom stereocenters. The first kappa shape index (κ1) is 12.2. The van der Waals surface area contributed by atoms with E-state index in [9.17, 15) is 4.79 Å². The van der Waals surface area contributed by atoms with Crippen LogP contribution in [0.5, 0.6) is 0 Å². The first-order valence-corrected chi connectivity index (χ1v) is 6.19. The third-order valence-corrected chi connectivity index (χ3v) is 3.00. The summed E-state index contributed by atoms with van der Waals surface area (Å²) in [5.74, 6) is -0.977. The number of nitrogens with zero attached hydrogens (tertiary/aromatic N) is 2. The molecule has 0 saturated carbocycles. The minimum absolute atomic E-state index is 0.759. The highest BCUT2D eigenvalue weighted by atomic mass is 16.4. The van der Waals surface area contributed by atoms with E-state index < -0.39 is 5.97 Å². The molecule has 4 heteroatoms. The van der Waals surface area contributed by atoms with Crippen molar-refractivity contribution >= 4 is 17.7 Å². The van der Waals surface area contributed by atoms with Gasteiger partial charge in [0.25, 0.3) is 0 Å². The smallest absolute Gasteiger partial charge is 0.328 e. The third kappa shape index (κ3) is 2.19. The maximum atomic E-state index is 10.8. The molecule has 0 amide bonds. The van der Waals surface area contributed by atoms with Gasteiger partial charge in [0.1, 0.15) is 5.65 Å². The molecule has 0 aliphatic carbocycles. The maximum absolute atomic E-state index is 10.8. The largest absolute Gasteiger partial charge is 0.478 e. The lowest BCUT2D eigenvalue weighted by Crippen LogP contribution is -1.90. The van der Waals surface area contributed by atoms with Gasteiger partial charge in [-0.15, -0.1) is 0 Å². The van der Waals surface area contributed by atoms with Crippen LogP contribution in [-0.2, 0) is 4.79 Å². The number of carbonyl (C=O) groups is 1. The number of carboxylic acids is 1. The summed E-state index contributed by atoms with van der Waals surface area (Å²) in [6.07, 6.45) is 4.57. The molecule has 20 heavy (non-hydrogen) atoms. The van der Waals surface area contributed by atoms with E-state index in [0.717, 1.165) is 28.7 Å². The van der Waals surface area contributed by atoms with E-state index in [1.807, 2.05) is 59.1 Å². The van der Waals surface area contributed by atoms with Crippen molar-refractivity contribution in [3.8, 4) is 11.3 Å². The van der Waals surface area contributed by atoms with Crippen LogP contribution in [-0.4, -0.2) is 20.5 Å². The summed E-state index contributed by atoms with van der Waals surface area (Å²) >= 11 is 0. The van der Waals surface area contributed by atoms with Crippen LogP contribution >= 0.6 is 0 Å². The summed E-state index contributed by atoms with van der Waals surface area (Å²) in [5, 5.41) is 8.83. The van der Waals surface area contributed by atoms with Crippen LogP contribution < -0.4 is 0 Å². The number of aliphatic carboxylic acids is 1. The molecule has 0 aliphatic heterocycles. The molecule has 4 nitrogen and oxygen atoms in total. The lowest BCUT2D eigenvalue weighted by molar-refractivity contribution is -0.131. The van der Waals surface area contributed by atoms with Crippen LogP contribution in [0.1, 0.15) is 5.69 Å². The van der Waals surface area contributed by atoms with E-state index in [0.29, 0.717) is 0 Å². The van der Waals surface area contributed by atoms with E-state index in [1.54, 1.807) is 6.08 Å². The molecular weight excluding hydrogens is 252 g/mol. The van der Waals surface area contributed by atoms with Crippen LogP contribution in [0.15, 0.2) is 60.8 Å². The monoisotopic (exact) mass is 264 g/mol. The standard InChI is InChI=1S/C16H12N2O2/c19-15(20)10-9-13-16(12-6-2-1-3-7-12)17-14-8-4-5-11-18(13)14/h1-11H,(H,19,20). The van der Waals surface area contributed by atoms with Crippen molar-refractivity contribution in [3.63, 3.8) is 0 Å². The Hall–Kier alpha value is -2.88. The number of aromatic nitrogens is 2. The Bertz CT molecular complexity index is 789. The highest BCUT2D eigenvalue weighted by Gasteiger charge is 2.11. The fraction of sp³-hybridized carbons (Fsp3) is 0. The Morgan fingerprint density at radius 2 is 1.85 bits per heavy atom. The van der Waals surface area contributed by atoms with Gasteiger partial charge in [0.2, 0.25) is 0 Å². The number of hydrogen-bond donors (Lipinski definition) is 1. The van der Waals surface area contributed by atoms with Crippen LogP contribution in [0, 0.1) is 0 Å². The fourth-order valence-electron chi connectivity index (χ4n) is 2.13. The molecule has 0 spiro atoms. The molecule has 0 saturated heterocycles. The second-order valence-electron chi connectivity index (χ2n) is 4.31. The summed E-state index contributed by atoms with van der Waals surface area (Å²) < 4.78 is 1.88. The second kappa shape index (κ2) is 5.01. The summed E-state index contributed by atoms with van der Waals surface area (Å²) in [6, 6.07) is 15.4. The molecule has 3 rings (SSSR count). The molecule has 0 atom stereocenters. The molecule has 0 radical (unpaired) electrons. The molecule has 98 valence electrons. The first-order chi connectivity index (χ1) is 9.75. The number of fused-ring (bicyclic) bond motifs is 1. The zero-order valence-corrected chi connectivity index (χ0v) is 10.6. The van der Waals surface area contributed by atoms with Crippen LogP contribution in [0.3, 0.4) is 0 Å². The lowest BCUT2D eigenvalue weighted by atomic mass is 10.1. The van der Waals surface area contributed by atoms with Crippen molar-refractivity contribution in [2.24, 2.45) is 0 Å². The van der Waals surface area contributed by atoms with E-state index in [2.05, 4.69) is 4.98 Å². The molecule has 2 heterocycles. The van der Waals surface area contributed by atoms with E-state index in [1.165, 1.54) is 0 Å². The number of carboxylic acid groups (broad SMARTS) is 1. The van der Waals surface area contributed by atoms with E-state index in [-0.39, 0.29) is 0 Å². The van der Waals surface area contributed by atoms with Gasteiger partial charge in [0, 0.05) is 17.8 Å². The first-order valence-electron chi connectivity index (χ1n) is 6.19. The van der Waals surface area contributed by atoms with Crippen LogP contribution in [0.2, 0.25) is 0 Å². The maximum Gasteiger partial charge on any atom is 0.328 e. The van der Waals surface area contributed by atoms with Crippen molar-refractivity contribution in [2.45, 2.75) is 0 Å². The van der Waals surface area contributed by atoms with Gasteiger partial charge in [0.15, 0.2) is 0 Å². The highest BCUT2D eigenvalue weighted by molar-refractivity contribution is 5.87. The Morgan fingerprint density at radius 3 is 2.60 bits per heavy atom. The number of rotatable bonds is 3. The van der Waals surface area contributed by atoms with Crippen LogP contribution in [0.25, 0.3) is 23.0 Å². The van der Waals surface area contributed by atoms with Crippen molar-refractivity contribution in [3.05, 3.63) is 66.5 Å².